The molecule has 2 aromatic rings. The highest BCUT2D eigenvalue weighted by atomic mass is 35.5. The molecule has 0 aliphatic heterocycles. The van der Waals surface area contributed by atoms with Gasteiger partial charge in [0.25, 0.3) is 0 Å². The summed E-state index contributed by atoms with van der Waals surface area (Å²) in [5.41, 5.74) is 1.84. The molecule has 102 valence electrons. The Morgan fingerprint density at radius 2 is 1.95 bits per heavy atom. The Bertz CT molecular complexity index is 599. The first-order chi connectivity index (χ1) is 9.75. The molecule has 0 unspecified atom stereocenters. The van der Waals surface area contributed by atoms with Gasteiger partial charge in [-0.25, -0.2) is 4.79 Å². The number of carbonyl (C=O) groups excluding carboxylic acids is 1. The summed E-state index contributed by atoms with van der Waals surface area (Å²) in [4.78, 5) is 15.5. The molecule has 0 saturated heterocycles. The first-order valence-electron chi connectivity index (χ1n) is 6.10. The minimum Gasteiger partial charge on any atom is -0.334 e. The summed E-state index contributed by atoms with van der Waals surface area (Å²) in [7, 11) is 0. The van der Waals surface area contributed by atoms with Crippen molar-refractivity contribution in [1.29, 1.82) is 0 Å². The van der Waals surface area contributed by atoms with Crippen LogP contribution >= 0.6 is 11.6 Å². The summed E-state index contributed by atoms with van der Waals surface area (Å²) >= 11 is 6.00. The highest BCUT2D eigenvalue weighted by Gasteiger charge is 1.98. The van der Waals surface area contributed by atoms with Gasteiger partial charge in [-0.2, -0.15) is 0 Å². The van der Waals surface area contributed by atoms with Crippen molar-refractivity contribution in [3.63, 3.8) is 0 Å². The number of hydrogen-bond acceptors (Lipinski definition) is 2. The van der Waals surface area contributed by atoms with Gasteiger partial charge in [0.05, 0.1) is 0 Å². The van der Waals surface area contributed by atoms with Crippen molar-refractivity contribution < 1.29 is 4.79 Å². The second-order valence-electron chi connectivity index (χ2n) is 4.04. The largest absolute Gasteiger partial charge is 0.334 e. The predicted octanol–water partition coefficient (Wildman–Crippen LogP) is 3.21. The van der Waals surface area contributed by atoms with Crippen molar-refractivity contribution in [1.82, 2.24) is 15.6 Å². The van der Waals surface area contributed by atoms with Gasteiger partial charge < -0.3 is 10.6 Å². The van der Waals surface area contributed by atoms with Crippen molar-refractivity contribution in [2.24, 2.45) is 0 Å². The van der Waals surface area contributed by atoms with Gasteiger partial charge >= 0.3 is 6.03 Å². The molecule has 0 radical (unpaired) electrons. The normalized spacial score (nSPS) is 10.4. The van der Waals surface area contributed by atoms with Crippen LogP contribution in [0.4, 0.5) is 4.79 Å². The van der Waals surface area contributed by atoms with Crippen molar-refractivity contribution in [2.75, 3.05) is 0 Å². The van der Waals surface area contributed by atoms with E-state index in [-0.39, 0.29) is 6.03 Å². The maximum absolute atomic E-state index is 11.6. The topological polar surface area (TPSA) is 54.0 Å². The van der Waals surface area contributed by atoms with Crippen LogP contribution in [0.2, 0.25) is 5.02 Å². The van der Waals surface area contributed by atoms with Gasteiger partial charge in [0.1, 0.15) is 0 Å². The first-order valence-corrected chi connectivity index (χ1v) is 6.48. The summed E-state index contributed by atoms with van der Waals surface area (Å²) in [6.45, 7) is 0.453. The Balaban J connectivity index is 1.79. The molecule has 1 aromatic heterocycles. The van der Waals surface area contributed by atoms with Gasteiger partial charge in [-0.05, 0) is 35.4 Å². The SMILES string of the molecule is O=C(N/C=C/c1ccccc1Cl)NCc1ccncc1. The van der Waals surface area contributed by atoms with Crippen LogP contribution in [0.1, 0.15) is 11.1 Å². The predicted molar refractivity (Wildman–Crippen MR) is 80.1 cm³/mol. The zero-order valence-electron chi connectivity index (χ0n) is 10.7. The summed E-state index contributed by atoms with van der Waals surface area (Å²) in [5.74, 6) is 0. The lowest BCUT2D eigenvalue weighted by atomic mass is 10.2. The molecule has 4 nitrogen and oxygen atoms in total. The van der Waals surface area contributed by atoms with E-state index >= 15 is 0 Å². The Morgan fingerprint density at radius 1 is 1.20 bits per heavy atom. The number of carbonyl (C=O) groups is 1. The highest BCUT2D eigenvalue weighted by molar-refractivity contribution is 6.32. The minimum atomic E-state index is -0.273. The van der Waals surface area contributed by atoms with Gasteiger partial charge in [0.2, 0.25) is 0 Å². The summed E-state index contributed by atoms with van der Waals surface area (Å²) in [5, 5.41) is 6.00. The van der Waals surface area contributed by atoms with Crippen LogP contribution in [-0.4, -0.2) is 11.0 Å². The van der Waals surface area contributed by atoms with Crippen LogP contribution in [0, 0.1) is 0 Å². The standard InChI is InChI=1S/C15H14ClN3O/c16-14-4-2-1-3-13(14)7-10-18-15(20)19-11-12-5-8-17-9-6-12/h1-10H,11H2,(H2,18,19,20)/b10-7+. The van der Waals surface area contributed by atoms with Crippen LogP contribution in [0.3, 0.4) is 0 Å². The van der Waals surface area contributed by atoms with E-state index in [1.54, 1.807) is 30.7 Å². The number of pyridine rings is 1. The number of rotatable bonds is 4. The second-order valence-corrected chi connectivity index (χ2v) is 4.44. The Labute approximate surface area is 122 Å². The molecule has 0 atom stereocenters. The van der Waals surface area contributed by atoms with Crippen molar-refractivity contribution in [3.8, 4) is 0 Å². The summed E-state index contributed by atoms with van der Waals surface area (Å²) in [6.07, 6.45) is 6.68. The Hall–Kier alpha value is -2.33. The van der Waals surface area contributed by atoms with E-state index in [9.17, 15) is 4.79 Å². The van der Waals surface area contributed by atoms with E-state index in [1.165, 1.54) is 0 Å². The number of hydrogen-bond donors (Lipinski definition) is 2. The third-order valence-corrected chi connectivity index (χ3v) is 2.93. The first kappa shape index (κ1) is 14.1. The number of urea groups is 1. The number of nitrogens with one attached hydrogen (secondary N) is 2. The van der Waals surface area contributed by atoms with Gasteiger partial charge in [-0.15, -0.1) is 0 Å². The zero-order chi connectivity index (χ0) is 14.2. The molecule has 0 aliphatic carbocycles. The minimum absolute atomic E-state index is 0.273. The van der Waals surface area contributed by atoms with Gasteiger partial charge in [-0.3, -0.25) is 4.98 Å². The number of aromatic nitrogens is 1. The fourth-order valence-electron chi connectivity index (χ4n) is 1.55. The van der Waals surface area contributed by atoms with Crippen LogP contribution in [0.15, 0.2) is 55.0 Å². The Morgan fingerprint density at radius 3 is 2.70 bits per heavy atom. The number of halogens is 1. The molecule has 1 aromatic carbocycles. The number of amides is 2. The second kappa shape index (κ2) is 7.31. The molecule has 0 bridgehead atoms. The number of benzene rings is 1. The lowest BCUT2D eigenvalue weighted by Crippen LogP contribution is -2.31. The smallest absolute Gasteiger partial charge is 0.319 e. The average molecular weight is 288 g/mol. The molecule has 0 aliphatic rings. The Kier molecular flexibility index (Phi) is 5.15. The van der Waals surface area contributed by atoms with Crippen LogP contribution in [0.5, 0.6) is 0 Å². The summed E-state index contributed by atoms with van der Waals surface area (Å²) in [6, 6.07) is 10.8. The highest BCUT2D eigenvalue weighted by Crippen LogP contribution is 2.15. The zero-order valence-corrected chi connectivity index (χ0v) is 11.5. The molecular weight excluding hydrogens is 274 g/mol. The van der Waals surface area contributed by atoms with E-state index in [0.29, 0.717) is 11.6 Å². The third kappa shape index (κ3) is 4.40. The van der Waals surface area contributed by atoms with Gasteiger partial charge in [0, 0.05) is 30.2 Å². The molecule has 1 heterocycles. The number of nitrogens with zero attached hydrogens (tertiary/aromatic N) is 1. The van der Waals surface area contributed by atoms with Crippen molar-refractivity contribution in [2.45, 2.75) is 6.54 Å². The summed E-state index contributed by atoms with van der Waals surface area (Å²) < 4.78 is 0. The fraction of sp³-hybridized carbons (Fsp3) is 0.0667. The maximum atomic E-state index is 11.6. The molecular formula is C15H14ClN3O. The van der Waals surface area contributed by atoms with Gasteiger partial charge in [-0.1, -0.05) is 29.8 Å². The van der Waals surface area contributed by atoms with E-state index in [4.69, 9.17) is 11.6 Å². The van der Waals surface area contributed by atoms with Crippen LogP contribution in [0.25, 0.3) is 6.08 Å². The van der Waals surface area contributed by atoms with E-state index in [1.807, 2.05) is 30.3 Å². The molecule has 2 N–H and O–H groups in total. The molecule has 0 spiro atoms. The van der Waals surface area contributed by atoms with Gasteiger partial charge in [0.15, 0.2) is 0 Å². The third-order valence-electron chi connectivity index (χ3n) is 2.58. The molecule has 5 heteroatoms. The molecule has 0 fully saturated rings. The lowest BCUT2D eigenvalue weighted by molar-refractivity contribution is 0.244. The molecule has 20 heavy (non-hydrogen) atoms. The molecule has 0 saturated carbocycles. The van der Waals surface area contributed by atoms with E-state index in [2.05, 4.69) is 15.6 Å². The van der Waals surface area contributed by atoms with Crippen molar-refractivity contribution >= 4 is 23.7 Å². The van der Waals surface area contributed by atoms with E-state index < -0.39 is 0 Å². The van der Waals surface area contributed by atoms with E-state index in [0.717, 1.165) is 11.1 Å². The lowest BCUT2D eigenvalue weighted by Gasteiger charge is -2.04. The van der Waals surface area contributed by atoms with Crippen LogP contribution < -0.4 is 10.6 Å². The average Bonchev–Trinajstić information content (AvgIpc) is 2.48. The fourth-order valence-corrected chi connectivity index (χ4v) is 1.75. The molecule has 2 rings (SSSR count). The van der Waals surface area contributed by atoms with Crippen molar-refractivity contribution in [3.05, 3.63) is 71.1 Å². The monoisotopic (exact) mass is 287 g/mol. The molecule has 2 amide bonds. The maximum Gasteiger partial charge on any atom is 0.319 e. The van der Waals surface area contributed by atoms with Crippen LogP contribution in [-0.2, 0) is 6.54 Å². The quantitative estimate of drug-likeness (QED) is 0.907.